The predicted molar refractivity (Wildman–Crippen MR) is 353 cm³/mol. The Morgan fingerprint density at radius 3 is 0.753 bits per heavy atom. The second kappa shape index (κ2) is 68.3. The van der Waals surface area contributed by atoms with Crippen molar-refractivity contribution < 1.29 is 28.6 Å². The monoisotopic (exact) mass is 1120 g/mol. The van der Waals surface area contributed by atoms with Crippen molar-refractivity contribution in [3.63, 3.8) is 0 Å². The standard InChI is InChI=1S/C75H126O6/c1-4-7-10-13-16-19-22-25-28-31-34-35-36-37-38-39-42-44-47-50-53-56-59-62-65-68-74(77)80-71-72(81-75(78)69-66-63-60-57-54-51-48-45-41-33-30-27-24-21-18-15-12-9-6-3)70-79-73(76)67-64-61-58-55-52-49-46-43-40-32-29-26-23-20-17-14-11-8-5-2/h7,10,16-21,25-30,34-35,37-38,42,44,72H,4-6,8-9,11-15,22-24,31-33,36,39-41,43,45-71H2,1-3H3/b10-7-,19-16-,20-17-,21-18-,28-25-,29-26-,30-27-,35-34-,38-37-,44-42-. The van der Waals surface area contributed by atoms with Crippen molar-refractivity contribution in [3.8, 4) is 0 Å². The molecule has 1 unspecified atom stereocenters. The first-order valence-corrected chi connectivity index (χ1v) is 34.0. The van der Waals surface area contributed by atoms with Crippen molar-refractivity contribution in [3.05, 3.63) is 122 Å². The fourth-order valence-corrected chi connectivity index (χ4v) is 9.33. The van der Waals surface area contributed by atoms with Crippen LogP contribution < -0.4 is 0 Å². The molecule has 1 atom stereocenters. The Bertz CT molecular complexity index is 1670. The minimum atomic E-state index is -0.794. The van der Waals surface area contributed by atoms with Crippen molar-refractivity contribution in [2.45, 2.75) is 322 Å². The summed E-state index contributed by atoms with van der Waals surface area (Å²) in [5.41, 5.74) is 0. The van der Waals surface area contributed by atoms with Crippen molar-refractivity contribution in [1.29, 1.82) is 0 Å². The lowest BCUT2D eigenvalue weighted by atomic mass is 10.1. The summed E-state index contributed by atoms with van der Waals surface area (Å²) in [6, 6.07) is 0. The van der Waals surface area contributed by atoms with Crippen LogP contribution in [0.2, 0.25) is 0 Å². The topological polar surface area (TPSA) is 78.9 Å². The molecule has 0 aliphatic heterocycles. The quantitative estimate of drug-likeness (QED) is 0.0261. The Kier molecular flexibility index (Phi) is 64.8. The molecule has 0 amide bonds. The largest absolute Gasteiger partial charge is 0.462 e. The normalized spacial score (nSPS) is 12.9. The van der Waals surface area contributed by atoms with Crippen LogP contribution in [0.3, 0.4) is 0 Å². The van der Waals surface area contributed by atoms with Crippen LogP contribution in [0.5, 0.6) is 0 Å². The van der Waals surface area contributed by atoms with Crippen LogP contribution in [0.15, 0.2) is 122 Å². The molecule has 462 valence electrons. The lowest BCUT2D eigenvalue weighted by Crippen LogP contribution is -2.30. The van der Waals surface area contributed by atoms with Gasteiger partial charge in [0.2, 0.25) is 0 Å². The summed E-state index contributed by atoms with van der Waals surface area (Å²) in [4.78, 5) is 38.5. The first-order chi connectivity index (χ1) is 40.0. The van der Waals surface area contributed by atoms with Gasteiger partial charge in [0.15, 0.2) is 6.10 Å². The second-order valence-corrected chi connectivity index (χ2v) is 22.3. The van der Waals surface area contributed by atoms with Crippen LogP contribution in [0.25, 0.3) is 0 Å². The molecule has 6 heteroatoms. The number of carbonyl (C=O) groups is 3. The Hall–Kier alpha value is -4.19. The molecule has 0 saturated heterocycles. The van der Waals surface area contributed by atoms with Gasteiger partial charge in [0.05, 0.1) is 0 Å². The van der Waals surface area contributed by atoms with Gasteiger partial charge >= 0.3 is 17.9 Å². The minimum absolute atomic E-state index is 0.0881. The number of ether oxygens (including phenoxy) is 3. The first kappa shape index (κ1) is 76.8. The van der Waals surface area contributed by atoms with E-state index in [1.165, 1.54) is 154 Å². The zero-order valence-corrected chi connectivity index (χ0v) is 53.0. The van der Waals surface area contributed by atoms with Crippen LogP contribution >= 0.6 is 0 Å². The molecule has 0 radical (unpaired) electrons. The summed E-state index contributed by atoms with van der Waals surface area (Å²) in [5.74, 6) is -0.902. The van der Waals surface area contributed by atoms with E-state index in [0.29, 0.717) is 19.3 Å². The third-order valence-corrected chi connectivity index (χ3v) is 14.4. The molecule has 0 aliphatic carbocycles. The number of carbonyl (C=O) groups excluding carboxylic acids is 3. The highest BCUT2D eigenvalue weighted by Gasteiger charge is 2.19. The molecule has 6 nitrogen and oxygen atoms in total. The van der Waals surface area contributed by atoms with Gasteiger partial charge in [0, 0.05) is 19.3 Å². The lowest BCUT2D eigenvalue weighted by molar-refractivity contribution is -0.167. The molecular weight excluding hydrogens is 997 g/mol. The van der Waals surface area contributed by atoms with E-state index in [-0.39, 0.29) is 31.1 Å². The zero-order valence-electron chi connectivity index (χ0n) is 53.0. The van der Waals surface area contributed by atoms with Gasteiger partial charge in [-0.3, -0.25) is 14.4 Å². The van der Waals surface area contributed by atoms with Crippen molar-refractivity contribution in [2.24, 2.45) is 0 Å². The van der Waals surface area contributed by atoms with Crippen LogP contribution in [0, 0.1) is 0 Å². The Morgan fingerprint density at radius 1 is 0.259 bits per heavy atom. The SMILES string of the molecule is CC/C=C\C/C=C\C/C=C\C/C=C\C/C=C\C/C=C\CCCCCCCCC(=O)OCC(COC(=O)CCCCCCCCCCC/C=C\C/C=C\CCCCC)OC(=O)CCCCCCCCCCC/C=C\C/C=C\CCCCC. The number of hydrogen-bond donors (Lipinski definition) is 0. The third kappa shape index (κ3) is 66.5. The first-order valence-electron chi connectivity index (χ1n) is 34.0. The second-order valence-electron chi connectivity index (χ2n) is 22.3. The maximum Gasteiger partial charge on any atom is 0.306 e. The Labute approximate surface area is 501 Å². The number of allylic oxidation sites excluding steroid dienone is 20. The fourth-order valence-electron chi connectivity index (χ4n) is 9.33. The van der Waals surface area contributed by atoms with Gasteiger partial charge in [0.1, 0.15) is 13.2 Å². The number of hydrogen-bond acceptors (Lipinski definition) is 6. The van der Waals surface area contributed by atoms with Crippen LogP contribution in [0.4, 0.5) is 0 Å². The van der Waals surface area contributed by atoms with Crippen LogP contribution in [-0.2, 0) is 28.6 Å². The van der Waals surface area contributed by atoms with Gasteiger partial charge in [-0.2, -0.15) is 0 Å². The molecule has 0 aromatic rings. The molecule has 81 heavy (non-hydrogen) atoms. The van der Waals surface area contributed by atoms with Crippen molar-refractivity contribution in [1.82, 2.24) is 0 Å². The van der Waals surface area contributed by atoms with E-state index < -0.39 is 6.10 Å². The average molecular weight is 1120 g/mol. The summed E-state index contributed by atoms with van der Waals surface area (Å²) < 4.78 is 17.0. The summed E-state index contributed by atoms with van der Waals surface area (Å²) in [5, 5.41) is 0. The van der Waals surface area contributed by atoms with Crippen LogP contribution in [0.1, 0.15) is 316 Å². The zero-order chi connectivity index (χ0) is 58.5. The van der Waals surface area contributed by atoms with Crippen molar-refractivity contribution in [2.75, 3.05) is 13.2 Å². The molecule has 0 heterocycles. The lowest BCUT2D eigenvalue weighted by Gasteiger charge is -2.18. The third-order valence-electron chi connectivity index (χ3n) is 14.4. The van der Waals surface area contributed by atoms with Gasteiger partial charge in [-0.15, -0.1) is 0 Å². The molecule has 0 fully saturated rings. The minimum Gasteiger partial charge on any atom is -0.462 e. The molecule has 0 aromatic heterocycles. The maximum absolute atomic E-state index is 13.0. The number of esters is 3. The molecule has 0 saturated carbocycles. The molecular formula is C75H126O6. The van der Waals surface area contributed by atoms with E-state index in [1.54, 1.807) is 0 Å². The van der Waals surface area contributed by atoms with Crippen molar-refractivity contribution >= 4 is 17.9 Å². The Morgan fingerprint density at radius 2 is 0.481 bits per heavy atom. The fraction of sp³-hybridized carbons (Fsp3) is 0.693. The number of unbranched alkanes of at least 4 members (excludes halogenated alkanes) is 30. The molecule has 0 rings (SSSR count). The maximum atomic E-state index is 13.0. The smallest absolute Gasteiger partial charge is 0.306 e. The molecule has 0 N–H and O–H groups in total. The molecule has 0 aliphatic rings. The van der Waals surface area contributed by atoms with E-state index in [2.05, 4.69) is 142 Å². The van der Waals surface area contributed by atoms with E-state index in [4.69, 9.17) is 14.2 Å². The summed E-state index contributed by atoms with van der Waals surface area (Å²) in [6.07, 6.45) is 94.8. The highest BCUT2D eigenvalue weighted by molar-refractivity contribution is 5.71. The van der Waals surface area contributed by atoms with Gasteiger partial charge in [-0.1, -0.05) is 284 Å². The van der Waals surface area contributed by atoms with Gasteiger partial charge in [0.25, 0.3) is 0 Å². The summed E-state index contributed by atoms with van der Waals surface area (Å²) in [6.45, 7) is 6.48. The average Bonchev–Trinajstić information content (AvgIpc) is 3.47. The van der Waals surface area contributed by atoms with Crippen LogP contribution in [-0.4, -0.2) is 37.2 Å². The van der Waals surface area contributed by atoms with E-state index >= 15 is 0 Å². The van der Waals surface area contributed by atoms with Gasteiger partial charge < -0.3 is 14.2 Å². The van der Waals surface area contributed by atoms with E-state index in [1.807, 2.05) is 0 Å². The van der Waals surface area contributed by atoms with Gasteiger partial charge in [-0.05, 0) is 135 Å². The summed E-state index contributed by atoms with van der Waals surface area (Å²) >= 11 is 0. The van der Waals surface area contributed by atoms with E-state index in [9.17, 15) is 14.4 Å². The summed E-state index contributed by atoms with van der Waals surface area (Å²) in [7, 11) is 0. The van der Waals surface area contributed by atoms with E-state index in [0.717, 1.165) is 122 Å². The Balaban J connectivity index is 4.43. The number of rotatable bonds is 61. The molecule has 0 bridgehead atoms. The highest BCUT2D eigenvalue weighted by Crippen LogP contribution is 2.16. The van der Waals surface area contributed by atoms with Gasteiger partial charge in [-0.25, -0.2) is 0 Å². The molecule has 0 aromatic carbocycles. The predicted octanol–water partition coefficient (Wildman–Crippen LogP) is 23.6. The highest BCUT2D eigenvalue weighted by atomic mass is 16.6. The molecule has 0 spiro atoms.